The number of piperidine rings is 1. The molecule has 5 rings (SSSR count). The van der Waals surface area contributed by atoms with Crippen molar-refractivity contribution in [1.82, 2.24) is 19.6 Å². The van der Waals surface area contributed by atoms with Gasteiger partial charge in [0.2, 0.25) is 0 Å². The highest BCUT2D eigenvalue weighted by Crippen LogP contribution is 2.29. The molecular formula is C22H25N5. The number of aromatic nitrogens is 2. The summed E-state index contributed by atoms with van der Waals surface area (Å²) < 4.78 is 2.11. The molecule has 1 saturated heterocycles. The molecule has 0 saturated carbocycles. The minimum atomic E-state index is 0.670. The number of hydrogen-bond donors (Lipinski definition) is 1. The Morgan fingerprint density at radius 3 is 2.81 bits per heavy atom. The Labute approximate surface area is 159 Å². The van der Waals surface area contributed by atoms with E-state index < -0.39 is 0 Å². The van der Waals surface area contributed by atoms with Gasteiger partial charge in [-0.25, -0.2) is 9.98 Å². The zero-order chi connectivity index (χ0) is 18.4. The molecular weight excluding hydrogens is 334 g/mol. The molecule has 0 amide bonds. The van der Waals surface area contributed by atoms with Gasteiger partial charge in [-0.3, -0.25) is 0 Å². The molecule has 2 aromatic rings. The van der Waals surface area contributed by atoms with E-state index in [2.05, 4.69) is 69.4 Å². The van der Waals surface area contributed by atoms with Crippen molar-refractivity contribution in [2.45, 2.75) is 26.7 Å². The molecule has 5 heterocycles. The quantitative estimate of drug-likeness (QED) is 0.893. The molecule has 2 aromatic heterocycles. The zero-order valence-electron chi connectivity index (χ0n) is 15.9. The van der Waals surface area contributed by atoms with E-state index in [1.165, 1.54) is 24.0 Å². The Bertz CT molecular complexity index is 1010. The van der Waals surface area contributed by atoms with Crippen molar-refractivity contribution in [1.29, 1.82) is 0 Å². The normalized spacial score (nSPS) is 20.4. The van der Waals surface area contributed by atoms with E-state index in [9.17, 15) is 0 Å². The van der Waals surface area contributed by atoms with Gasteiger partial charge in [0.05, 0.1) is 11.4 Å². The van der Waals surface area contributed by atoms with Gasteiger partial charge in [0.1, 0.15) is 11.5 Å². The summed E-state index contributed by atoms with van der Waals surface area (Å²) in [6, 6.07) is 2.19. The van der Waals surface area contributed by atoms with E-state index in [1.807, 2.05) is 6.92 Å². The van der Waals surface area contributed by atoms with Gasteiger partial charge in [-0.05, 0) is 75.1 Å². The monoisotopic (exact) mass is 359 g/mol. The maximum Gasteiger partial charge on any atom is 0.139 e. The number of aliphatic imine (C=N–C) groups is 1. The zero-order valence-corrected chi connectivity index (χ0v) is 15.9. The van der Waals surface area contributed by atoms with Gasteiger partial charge in [-0.2, -0.15) is 0 Å². The second-order valence-corrected chi connectivity index (χ2v) is 7.72. The molecule has 5 nitrogen and oxygen atoms in total. The minimum absolute atomic E-state index is 0.670. The lowest BCUT2D eigenvalue weighted by Gasteiger charge is -2.31. The molecule has 0 unspecified atom stereocenters. The van der Waals surface area contributed by atoms with Crippen LogP contribution in [0.25, 0.3) is 11.3 Å². The van der Waals surface area contributed by atoms with Crippen LogP contribution < -0.4 is 5.32 Å². The van der Waals surface area contributed by atoms with E-state index in [4.69, 9.17) is 4.99 Å². The first kappa shape index (κ1) is 16.5. The highest BCUT2D eigenvalue weighted by Gasteiger charge is 2.22. The van der Waals surface area contributed by atoms with Crippen LogP contribution in [0.15, 0.2) is 53.5 Å². The van der Waals surface area contributed by atoms with Crippen LogP contribution in [0, 0.1) is 19.8 Å². The smallest absolute Gasteiger partial charge is 0.139 e. The van der Waals surface area contributed by atoms with Gasteiger partial charge in [0.25, 0.3) is 0 Å². The fraction of sp³-hybridized carbons (Fsp3) is 0.364. The summed E-state index contributed by atoms with van der Waals surface area (Å²) >= 11 is 0. The molecule has 5 heteroatoms. The first-order chi connectivity index (χ1) is 13.2. The molecule has 0 atom stereocenters. The Morgan fingerprint density at radius 2 is 1.96 bits per heavy atom. The van der Waals surface area contributed by atoms with Crippen molar-refractivity contribution in [3.05, 3.63) is 65.3 Å². The molecule has 3 aliphatic rings. The number of imidazole rings is 1. The number of rotatable bonds is 2. The van der Waals surface area contributed by atoms with Crippen molar-refractivity contribution >= 4 is 17.2 Å². The average molecular weight is 359 g/mol. The van der Waals surface area contributed by atoms with Crippen LogP contribution in [0.1, 0.15) is 29.7 Å². The molecule has 138 valence electrons. The van der Waals surface area contributed by atoms with Crippen molar-refractivity contribution in [2.75, 3.05) is 19.6 Å². The standard InChI is InChI=1S/C22H25N5/c1-15-11-19(14-27-12-16(2)24-22(15)27)20-7-10-26-13-18(3-4-21(26)25-20)17-5-8-23-9-6-17/h3-4,7,11-14,17,23H,5-6,8-10H2,1-2H3. The van der Waals surface area contributed by atoms with Crippen LogP contribution in [0.4, 0.5) is 0 Å². The maximum atomic E-state index is 4.93. The first-order valence-electron chi connectivity index (χ1n) is 9.80. The van der Waals surface area contributed by atoms with Gasteiger partial charge in [0.15, 0.2) is 0 Å². The average Bonchev–Trinajstić information content (AvgIpc) is 3.09. The Kier molecular flexibility index (Phi) is 3.97. The van der Waals surface area contributed by atoms with Crippen LogP contribution >= 0.6 is 0 Å². The number of aryl methyl sites for hydroxylation is 2. The third-order valence-corrected chi connectivity index (χ3v) is 5.70. The summed E-state index contributed by atoms with van der Waals surface area (Å²) in [5.74, 6) is 1.70. The van der Waals surface area contributed by atoms with Gasteiger partial charge in [-0.1, -0.05) is 6.08 Å². The summed E-state index contributed by atoms with van der Waals surface area (Å²) in [6.07, 6.45) is 15.6. The molecule has 0 aliphatic carbocycles. The molecule has 3 aliphatic heterocycles. The Hall–Kier alpha value is -2.66. The van der Waals surface area contributed by atoms with Gasteiger partial charge >= 0.3 is 0 Å². The van der Waals surface area contributed by atoms with Gasteiger partial charge in [-0.15, -0.1) is 0 Å². The summed E-state index contributed by atoms with van der Waals surface area (Å²) in [5.41, 5.74) is 6.87. The number of amidine groups is 1. The topological polar surface area (TPSA) is 44.9 Å². The van der Waals surface area contributed by atoms with E-state index in [-0.39, 0.29) is 0 Å². The molecule has 0 bridgehead atoms. The number of nitrogens with one attached hydrogen (secondary N) is 1. The van der Waals surface area contributed by atoms with Crippen molar-refractivity contribution < 1.29 is 0 Å². The van der Waals surface area contributed by atoms with Crippen molar-refractivity contribution in [3.63, 3.8) is 0 Å². The van der Waals surface area contributed by atoms with Crippen molar-refractivity contribution in [2.24, 2.45) is 10.9 Å². The lowest BCUT2D eigenvalue weighted by Crippen LogP contribution is -2.33. The third kappa shape index (κ3) is 3.02. The number of hydrogen-bond acceptors (Lipinski definition) is 4. The van der Waals surface area contributed by atoms with E-state index in [0.29, 0.717) is 5.92 Å². The number of nitrogens with zero attached hydrogens (tertiary/aromatic N) is 4. The highest BCUT2D eigenvalue weighted by atomic mass is 15.2. The second-order valence-electron chi connectivity index (χ2n) is 7.72. The van der Waals surface area contributed by atoms with E-state index in [1.54, 1.807) is 0 Å². The van der Waals surface area contributed by atoms with Gasteiger partial charge in [0, 0.05) is 30.7 Å². The van der Waals surface area contributed by atoms with Crippen molar-refractivity contribution in [3.8, 4) is 0 Å². The molecule has 0 radical (unpaired) electrons. The second kappa shape index (κ2) is 6.50. The molecule has 27 heavy (non-hydrogen) atoms. The lowest BCUT2D eigenvalue weighted by molar-refractivity contribution is 0.419. The van der Waals surface area contributed by atoms with Crippen LogP contribution in [0.3, 0.4) is 0 Å². The predicted molar refractivity (Wildman–Crippen MR) is 110 cm³/mol. The van der Waals surface area contributed by atoms with Crippen LogP contribution in [-0.2, 0) is 0 Å². The fourth-order valence-electron chi connectivity index (χ4n) is 4.27. The minimum Gasteiger partial charge on any atom is -0.329 e. The molecule has 1 N–H and O–H groups in total. The number of fused-ring (bicyclic) bond motifs is 2. The van der Waals surface area contributed by atoms with Crippen LogP contribution in [-0.4, -0.2) is 39.8 Å². The number of pyridine rings is 1. The summed E-state index contributed by atoms with van der Waals surface area (Å²) in [6.45, 7) is 7.26. The van der Waals surface area contributed by atoms with Crippen LogP contribution in [0.5, 0.6) is 0 Å². The number of allylic oxidation sites excluding steroid dienone is 2. The highest BCUT2D eigenvalue weighted by molar-refractivity contribution is 6.00. The Balaban J connectivity index is 1.42. The first-order valence-corrected chi connectivity index (χ1v) is 9.80. The van der Waals surface area contributed by atoms with Gasteiger partial charge < -0.3 is 14.6 Å². The predicted octanol–water partition coefficient (Wildman–Crippen LogP) is 3.46. The SMILES string of the molecule is Cc1cn2cc(C3=CCN4C=C(C5CCNCC5)C=CC4=N3)cc(C)c2n1. The summed E-state index contributed by atoms with van der Waals surface area (Å²) in [5, 5.41) is 3.45. The summed E-state index contributed by atoms with van der Waals surface area (Å²) in [7, 11) is 0. The largest absolute Gasteiger partial charge is 0.329 e. The van der Waals surface area contributed by atoms with E-state index in [0.717, 1.165) is 48.1 Å². The molecule has 0 aromatic carbocycles. The molecule has 1 fully saturated rings. The summed E-state index contributed by atoms with van der Waals surface area (Å²) in [4.78, 5) is 11.8. The van der Waals surface area contributed by atoms with E-state index >= 15 is 0 Å². The third-order valence-electron chi connectivity index (χ3n) is 5.70. The molecule has 0 spiro atoms. The Morgan fingerprint density at radius 1 is 1.11 bits per heavy atom. The van der Waals surface area contributed by atoms with Crippen LogP contribution in [0.2, 0.25) is 0 Å². The lowest BCUT2D eigenvalue weighted by atomic mass is 9.89. The fourth-order valence-corrected chi connectivity index (χ4v) is 4.27. The maximum absolute atomic E-state index is 4.93.